The second-order valence-electron chi connectivity index (χ2n) is 6.34. The number of nitrogens with two attached hydrogens (primary N) is 1. The second-order valence-corrected chi connectivity index (χ2v) is 7.91. The van der Waals surface area contributed by atoms with Crippen LogP contribution in [0, 0.1) is 17.3 Å². The van der Waals surface area contributed by atoms with Crippen molar-refractivity contribution in [2.75, 3.05) is 6.54 Å². The second kappa shape index (κ2) is 5.93. The molecule has 23 heavy (non-hydrogen) atoms. The van der Waals surface area contributed by atoms with Crippen LogP contribution in [-0.4, -0.2) is 31.9 Å². The average molecular weight is 340 g/mol. The smallest absolute Gasteiger partial charge is 0.307 e. The fourth-order valence-corrected chi connectivity index (χ4v) is 3.39. The van der Waals surface area contributed by atoms with Crippen LogP contribution in [0.15, 0.2) is 29.2 Å². The third-order valence-electron chi connectivity index (χ3n) is 4.34. The van der Waals surface area contributed by atoms with E-state index in [1.807, 2.05) is 0 Å². The van der Waals surface area contributed by atoms with Crippen molar-refractivity contribution in [1.82, 2.24) is 5.32 Å². The van der Waals surface area contributed by atoms with E-state index in [0.717, 1.165) is 5.56 Å². The van der Waals surface area contributed by atoms with Crippen molar-refractivity contribution in [3.63, 3.8) is 0 Å². The van der Waals surface area contributed by atoms with E-state index >= 15 is 0 Å². The Morgan fingerprint density at radius 1 is 1.22 bits per heavy atom. The molecule has 8 heteroatoms. The summed E-state index contributed by atoms with van der Waals surface area (Å²) in [5, 5.41) is 16.8. The van der Waals surface area contributed by atoms with E-state index in [9.17, 15) is 18.0 Å². The van der Waals surface area contributed by atoms with E-state index in [-0.39, 0.29) is 10.8 Å². The highest BCUT2D eigenvalue weighted by molar-refractivity contribution is 7.89. The lowest BCUT2D eigenvalue weighted by molar-refractivity contribution is -0.140. The van der Waals surface area contributed by atoms with Crippen LogP contribution >= 0.6 is 0 Å². The van der Waals surface area contributed by atoms with Gasteiger partial charge in [-0.15, -0.1) is 0 Å². The first-order valence-electron chi connectivity index (χ1n) is 7.17. The number of carbonyl (C=O) groups is 2. The summed E-state index contributed by atoms with van der Waals surface area (Å²) in [6.07, 6.45) is 0.515. The van der Waals surface area contributed by atoms with Gasteiger partial charge in [-0.1, -0.05) is 26.0 Å². The molecule has 1 fully saturated rings. The van der Waals surface area contributed by atoms with E-state index in [4.69, 9.17) is 10.2 Å². The van der Waals surface area contributed by atoms with Gasteiger partial charge in [0.2, 0.25) is 15.9 Å². The van der Waals surface area contributed by atoms with E-state index in [0.29, 0.717) is 13.0 Å². The maximum absolute atomic E-state index is 12.0. The van der Waals surface area contributed by atoms with Crippen molar-refractivity contribution >= 4 is 21.9 Å². The summed E-state index contributed by atoms with van der Waals surface area (Å²) >= 11 is 0. The van der Waals surface area contributed by atoms with E-state index < -0.39 is 33.2 Å². The highest BCUT2D eigenvalue weighted by atomic mass is 32.2. The molecule has 0 bridgehead atoms. The first-order valence-corrected chi connectivity index (χ1v) is 8.72. The van der Waals surface area contributed by atoms with Gasteiger partial charge in [0.1, 0.15) is 0 Å². The number of carbonyl (C=O) groups excluding carboxylic acids is 1. The molecule has 1 aromatic rings. The van der Waals surface area contributed by atoms with Gasteiger partial charge in [0.15, 0.2) is 0 Å². The quantitative estimate of drug-likeness (QED) is 0.689. The Labute approximate surface area is 134 Å². The van der Waals surface area contributed by atoms with Gasteiger partial charge in [-0.3, -0.25) is 9.59 Å². The molecule has 0 spiro atoms. The zero-order valence-corrected chi connectivity index (χ0v) is 13.8. The molecular weight excluding hydrogens is 320 g/mol. The van der Waals surface area contributed by atoms with Gasteiger partial charge >= 0.3 is 5.97 Å². The monoisotopic (exact) mass is 340 g/mol. The van der Waals surface area contributed by atoms with Gasteiger partial charge in [0.05, 0.1) is 16.7 Å². The van der Waals surface area contributed by atoms with Crippen molar-refractivity contribution in [3.05, 3.63) is 29.8 Å². The Bertz CT molecular complexity index is 725. The zero-order valence-electron chi connectivity index (χ0n) is 12.9. The van der Waals surface area contributed by atoms with Crippen LogP contribution in [0.4, 0.5) is 0 Å². The number of aliphatic carboxylic acids is 1. The van der Waals surface area contributed by atoms with Gasteiger partial charge in [0, 0.05) is 6.54 Å². The molecule has 0 aromatic heterocycles. The first kappa shape index (κ1) is 17.4. The molecule has 4 N–H and O–H groups in total. The van der Waals surface area contributed by atoms with Crippen molar-refractivity contribution in [3.8, 4) is 0 Å². The fraction of sp³-hybridized carbons (Fsp3) is 0.467. The number of primary sulfonamides is 1. The van der Waals surface area contributed by atoms with E-state index in [2.05, 4.69) is 5.32 Å². The third-order valence-corrected chi connectivity index (χ3v) is 5.27. The van der Waals surface area contributed by atoms with Crippen LogP contribution in [0.1, 0.15) is 19.4 Å². The Hall–Kier alpha value is -1.93. The largest absolute Gasteiger partial charge is 0.481 e. The molecule has 0 radical (unpaired) electrons. The Morgan fingerprint density at radius 2 is 1.78 bits per heavy atom. The molecule has 1 aliphatic rings. The van der Waals surface area contributed by atoms with Crippen molar-refractivity contribution in [2.24, 2.45) is 22.4 Å². The molecule has 0 unspecified atom stereocenters. The van der Waals surface area contributed by atoms with Crippen molar-refractivity contribution < 1.29 is 23.1 Å². The normalized spacial score (nSPS) is 22.4. The van der Waals surface area contributed by atoms with Crippen LogP contribution in [0.5, 0.6) is 0 Å². The van der Waals surface area contributed by atoms with Crippen LogP contribution in [0.2, 0.25) is 0 Å². The molecule has 0 saturated heterocycles. The summed E-state index contributed by atoms with van der Waals surface area (Å²) in [4.78, 5) is 23.1. The average Bonchev–Trinajstić information content (AvgIpc) is 3.01. The summed E-state index contributed by atoms with van der Waals surface area (Å²) in [6.45, 7) is 3.89. The fourth-order valence-electron chi connectivity index (χ4n) is 2.87. The molecule has 1 amide bonds. The van der Waals surface area contributed by atoms with E-state index in [1.165, 1.54) is 12.1 Å². The van der Waals surface area contributed by atoms with Crippen LogP contribution in [0.3, 0.4) is 0 Å². The number of sulfonamides is 1. The number of hydrogen-bond acceptors (Lipinski definition) is 4. The van der Waals surface area contributed by atoms with Crippen molar-refractivity contribution in [1.29, 1.82) is 0 Å². The summed E-state index contributed by atoms with van der Waals surface area (Å²) < 4.78 is 22.3. The molecule has 0 aliphatic heterocycles. The molecule has 2 atom stereocenters. The lowest BCUT2D eigenvalue weighted by atomic mass is 10.1. The summed E-state index contributed by atoms with van der Waals surface area (Å²) in [5.74, 6) is -2.36. The number of carboxylic acid groups (broad SMARTS) is 1. The zero-order chi connectivity index (χ0) is 17.4. The molecule has 126 valence electrons. The standard InChI is InChI=1S/C15H20N2O5S/c1-15(2)11(12(15)14(19)20)13(18)17-8-7-9-3-5-10(6-4-9)23(16,21)22/h3-6,11-12H,7-8H2,1-2H3,(H,17,18)(H,19,20)(H2,16,21,22)/t11-,12+/m1/s1. The summed E-state index contributed by atoms with van der Waals surface area (Å²) in [7, 11) is -3.71. The van der Waals surface area contributed by atoms with Crippen LogP contribution < -0.4 is 10.5 Å². The molecule has 2 rings (SSSR count). The number of carboxylic acids is 1. The first-order chi connectivity index (χ1) is 10.5. The van der Waals surface area contributed by atoms with Gasteiger partial charge in [-0.25, -0.2) is 13.6 Å². The number of amides is 1. The number of rotatable bonds is 6. The molecule has 0 heterocycles. The molecule has 1 saturated carbocycles. The van der Waals surface area contributed by atoms with Gasteiger partial charge in [-0.05, 0) is 29.5 Å². The van der Waals surface area contributed by atoms with Crippen LogP contribution in [-0.2, 0) is 26.0 Å². The third kappa shape index (κ3) is 3.70. The topological polar surface area (TPSA) is 127 Å². The lowest BCUT2D eigenvalue weighted by Gasteiger charge is -2.07. The predicted octanol–water partition coefficient (Wildman–Crippen LogP) is 0.350. The highest BCUT2D eigenvalue weighted by Gasteiger charge is 2.65. The van der Waals surface area contributed by atoms with Gasteiger partial charge in [0.25, 0.3) is 0 Å². The van der Waals surface area contributed by atoms with Crippen molar-refractivity contribution in [2.45, 2.75) is 25.2 Å². The number of hydrogen-bond donors (Lipinski definition) is 3. The minimum Gasteiger partial charge on any atom is -0.481 e. The molecular formula is C15H20N2O5S. The lowest BCUT2D eigenvalue weighted by Crippen LogP contribution is -2.29. The summed E-state index contributed by atoms with van der Waals surface area (Å²) in [6, 6.07) is 6.09. The van der Waals surface area contributed by atoms with Gasteiger partial charge < -0.3 is 10.4 Å². The number of nitrogens with one attached hydrogen (secondary N) is 1. The Balaban J connectivity index is 1.86. The van der Waals surface area contributed by atoms with Crippen LogP contribution in [0.25, 0.3) is 0 Å². The SMILES string of the molecule is CC1(C)[C@H](C(=O)O)[C@@H]1C(=O)NCCc1ccc(S(N)(=O)=O)cc1. The molecule has 7 nitrogen and oxygen atoms in total. The maximum Gasteiger partial charge on any atom is 0.307 e. The predicted molar refractivity (Wildman–Crippen MR) is 82.9 cm³/mol. The maximum atomic E-state index is 12.0. The van der Waals surface area contributed by atoms with E-state index in [1.54, 1.807) is 26.0 Å². The molecule has 1 aliphatic carbocycles. The van der Waals surface area contributed by atoms with Gasteiger partial charge in [-0.2, -0.15) is 0 Å². The minimum absolute atomic E-state index is 0.0364. The molecule has 1 aromatic carbocycles. The highest BCUT2D eigenvalue weighted by Crippen LogP contribution is 2.58. The Kier molecular flexibility index (Phi) is 4.50. The Morgan fingerprint density at radius 3 is 2.22 bits per heavy atom. The minimum atomic E-state index is -3.71. The summed E-state index contributed by atoms with van der Waals surface area (Å²) in [5.41, 5.74) is 0.329. The number of benzene rings is 1.